The van der Waals surface area contributed by atoms with Crippen LogP contribution in [0.25, 0.3) is 0 Å². The summed E-state index contributed by atoms with van der Waals surface area (Å²) >= 11 is 0. The Balaban J connectivity index is 5.39. The lowest BCUT2D eigenvalue weighted by Crippen LogP contribution is -2.30. The van der Waals surface area contributed by atoms with E-state index in [0.717, 1.165) is 205 Å². The van der Waals surface area contributed by atoms with Crippen molar-refractivity contribution in [2.75, 3.05) is 39.6 Å². The fourth-order valence-electron chi connectivity index (χ4n) is 11.4. The molecule has 0 bridgehead atoms. The highest BCUT2D eigenvalue weighted by Gasteiger charge is 2.30. The van der Waals surface area contributed by atoms with Crippen LogP contribution in [0.5, 0.6) is 0 Å². The summed E-state index contributed by atoms with van der Waals surface area (Å²) < 4.78 is 68.8. The van der Waals surface area contributed by atoms with E-state index < -0.39 is 97.5 Å². The number of esters is 4. The molecule has 0 aliphatic carbocycles. The third kappa shape index (κ3) is 79.5. The molecule has 0 amide bonds. The van der Waals surface area contributed by atoms with Gasteiger partial charge >= 0.3 is 39.5 Å². The molecule has 5 atom stereocenters. The zero-order chi connectivity index (χ0) is 78.9. The Bertz CT molecular complexity index is 2520. The highest BCUT2D eigenvalue weighted by atomic mass is 31.2. The largest absolute Gasteiger partial charge is 0.472 e. The number of phosphoric acid groups is 2. The highest BCUT2D eigenvalue weighted by Crippen LogP contribution is 2.45. The average molecular weight is 1560 g/mol. The van der Waals surface area contributed by atoms with Crippen LogP contribution in [-0.2, 0) is 65.4 Å². The van der Waals surface area contributed by atoms with Crippen LogP contribution >= 0.6 is 15.6 Å². The molecule has 0 radical (unpaired) electrons. The number of carbonyl (C=O) groups excluding carboxylic acids is 4. The number of allylic oxidation sites excluding steroid dienone is 20. The Hall–Kier alpha value is -4.54. The SMILES string of the molecule is CC/C=C\C/C=C\C/C=C\C/C=C\CCCCCCCCC(=O)OCC(COP(=O)(O)OCC(O)COP(=O)(O)OCC(COC(=O)CCCCCCCC/C=C\C/C=C\C/C=C\CCCCC)OC(=O)CCCCCCC/C=C\CCCCCCCC)OC(=O)CCCCCCC/C=C\C/C=C\CCCCC. The lowest BCUT2D eigenvalue weighted by atomic mass is 10.1. The first kappa shape index (κ1) is 103. The highest BCUT2D eigenvalue weighted by molar-refractivity contribution is 7.47. The standard InChI is InChI=1S/C89H154O17P2/c1-5-9-13-17-21-25-29-33-37-39-41-43-47-49-53-57-61-65-69-73-86(91)99-79-84(105-88(93)75-71-67-63-59-55-51-45-35-31-27-23-19-15-11-7-3)81-103-107(95,96)101-77-83(90)78-102-108(97,98)104-82-85(106-89(94)76-72-68-64-60-56-52-46-36-32-28-24-20-16-12-8-4)80-100-87(92)74-70-66-62-58-54-50-48-44-42-40-38-34-30-26-22-18-14-10-6-2/h9,13,21-23,25-27,33-38,41-46,83-85,90H,5-8,10-12,14-20,24,28-32,39-40,47-82H2,1-4H3,(H,95,96)(H,97,98)/b13-9-,25-21-,26-22-,27-23-,37-33-,38-34-,43-41-,44-42-,45-35-,46-36-. The number of carbonyl (C=O) groups is 4. The normalized spacial score (nSPS) is 14.4. The summed E-state index contributed by atoms with van der Waals surface area (Å²) in [6.07, 6.45) is 90.1. The minimum absolute atomic E-state index is 0.0737. The van der Waals surface area contributed by atoms with Crippen molar-refractivity contribution in [3.8, 4) is 0 Å². The van der Waals surface area contributed by atoms with Gasteiger partial charge in [0, 0.05) is 25.7 Å². The van der Waals surface area contributed by atoms with Crippen molar-refractivity contribution >= 4 is 39.5 Å². The lowest BCUT2D eigenvalue weighted by Gasteiger charge is -2.21. The molecule has 0 aromatic carbocycles. The first-order valence-corrected chi connectivity index (χ1v) is 45.8. The van der Waals surface area contributed by atoms with E-state index in [1.54, 1.807) is 0 Å². The lowest BCUT2D eigenvalue weighted by molar-refractivity contribution is -0.161. The zero-order valence-electron chi connectivity index (χ0n) is 68.2. The van der Waals surface area contributed by atoms with E-state index in [-0.39, 0.29) is 25.7 Å². The van der Waals surface area contributed by atoms with E-state index in [9.17, 15) is 43.2 Å². The predicted molar refractivity (Wildman–Crippen MR) is 445 cm³/mol. The van der Waals surface area contributed by atoms with Gasteiger partial charge in [0.1, 0.15) is 19.3 Å². The monoisotopic (exact) mass is 1560 g/mol. The minimum atomic E-state index is -4.99. The summed E-state index contributed by atoms with van der Waals surface area (Å²) in [5.74, 6) is -2.21. The first-order valence-electron chi connectivity index (χ1n) is 42.8. The maximum Gasteiger partial charge on any atom is 0.472 e. The molecule has 0 aromatic rings. The Kier molecular flexibility index (Phi) is 77.1. The molecule has 17 nitrogen and oxygen atoms in total. The summed E-state index contributed by atoms with van der Waals surface area (Å²) in [5.41, 5.74) is 0. The topological polar surface area (TPSA) is 237 Å². The molecule has 0 aliphatic heterocycles. The van der Waals surface area contributed by atoms with Crippen molar-refractivity contribution < 1.29 is 80.2 Å². The maximum absolute atomic E-state index is 13.1. The molecule has 0 aromatic heterocycles. The molecule has 108 heavy (non-hydrogen) atoms. The van der Waals surface area contributed by atoms with Crippen LogP contribution in [-0.4, -0.2) is 96.7 Å². The van der Waals surface area contributed by atoms with Crippen LogP contribution in [0.4, 0.5) is 0 Å². The molecule has 3 N–H and O–H groups in total. The van der Waals surface area contributed by atoms with Crippen LogP contribution in [0.1, 0.15) is 362 Å². The molecule has 0 saturated carbocycles. The van der Waals surface area contributed by atoms with Crippen molar-refractivity contribution in [2.45, 2.75) is 380 Å². The van der Waals surface area contributed by atoms with Gasteiger partial charge in [-0.2, -0.15) is 0 Å². The van der Waals surface area contributed by atoms with Gasteiger partial charge in [-0.05, 0) is 161 Å². The number of aliphatic hydroxyl groups is 1. The average Bonchev–Trinajstić information content (AvgIpc) is 0.923. The van der Waals surface area contributed by atoms with Crippen LogP contribution in [0.3, 0.4) is 0 Å². The van der Waals surface area contributed by atoms with Gasteiger partial charge in [-0.15, -0.1) is 0 Å². The van der Waals surface area contributed by atoms with Crippen molar-refractivity contribution in [2.24, 2.45) is 0 Å². The van der Waals surface area contributed by atoms with Crippen molar-refractivity contribution in [1.82, 2.24) is 0 Å². The molecule has 0 heterocycles. The van der Waals surface area contributed by atoms with Gasteiger partial charge in [-0.1, -0.05) is 297 Å². The quantitative estimate of drug-likeness (QED) is 0.0169. The number of hydrogen-bond acceptors (Lipinski definition) is 15. The number of aliphatic hydroxyl groups excluding tert-OH is 1. The first-order chi connectivity index (χ1) is 52.7. The molecule has 0 rings (SSSR count). The van der Waals surface area contributed by atoms with Gasteiger partial charge in [0.05, 0.1) is 26.4 Å². The van der Waals surface area contributed by atoms with E-state index >= 15 is 0 Å². The molecule has 0 aliphatic rings. The summed E-state index contributed by atoms with van der Waals surface area (Å²) in [5, 5.41) is 10.7. The van der Waals surface area contributed by atoms with Gasteiger partial charge in [0.25, 0.3) is 0 Å². The van der Waals surface area contributed by atoms with Crippen LogP contribution in [0.2, 0.25) is 0 Å². The zero-order valence-corrected chi connectivity index (χ0v) is 70.0. The Labute approximate surface area is 657 Å². The van der Waals surface area contributed by atoms with Crippen LogP contribution in [0, 0.1) is 0 Å². The minimum Gasteiger partial charge on any atom is -0.462 e. The molecule has 5 unspecified atom stereocenters. The molecular formula is C89H154O17P2. The van der Waals surface area contributed by atoms with Gasteiger partial charge in [-0.3, -0.25) is 37.3 Å². The number of unbranched alkanes of at least 4 members (excludes halogenated alkanes) is 34. The summed E-state index contributed by atoms with van der Waals surface area (Å²) in [7, 11) is -9.98. The number of hydrogen-bond donors (Lipinski definition) is 3. The van der Waals surface area contributed by atoms with E-state index in [4.69, 9.17) is 37.0 Å². The van der Waals surface area contributed by atoms with Gasteiger partial charge in [-0.25, -0.2) is 9.13 Å². The second-order valence-electron chi connectivity index (χ2n) is 28.4. The Morgan fingerprint density at radius 1 is 0.269 bits per heavy atom. The smallest absolute Gasteiger partial charge is 0.462 e. The second kappa shape index (κ2) is 80.5. The fourth-order valence-corrected chi connectivity index (χ4v) is 12.9. The molecule has 622 valence electrons. The Morgan fingerprint density at radius 3 is 0.769 bits per heavy atom. The molecule has 0 fully saturated rings. The second-order valence-corrected chi connectivity index (χ2v) is 31.3. The van der Waals surface area contributed by atoms with Crippen LogP contribution < -0.4 is 0 Å². The van der Waals surface area contributed by atoms with E-state index in [0.29, 0.717) is 25.7 Å². The van der Waals surface area contributed by atoms with Crippen molar-refractivity contribution in [3.05, 3.63) is 122 Å². The van der Waals surface area contributed by atoms with Crippen molar-refractivity contribution in [3.63, 3.8) is 0 Å². The summed E-state index contributed by atoms with van der Waals surface area (Å²) in [6, 6.07) is 0. The number of rotatable bonds is 80. The molecular weight excluding hydrogens is 1400 g/mol. The number of phosphoric ester groups is 2. The Morgan fingerprint density at radius 2 is 0.481 bits per heavy atom. The van der Waals surface area contributed by atoms with Gasteiger partial charge in [0.2, 0.25) is 0 Å². The fraction of sp³-hybridized carbons (Fsp3) is 0.730. The van der Waals surface area contributed by atoms with Gasteiger partial charge in [0.15, 0.2) is 12.2 Å². The molecule has 0 saturated heterocycles. The molecule has 19 heteroatoms. The van der Waals surface area contributed by atoms with Gasteiger partial charge < -0.3 is 33.8 Å². The third-order valence-corrected chi connectivity index (χ3v) is 19.8. The summed E-state index contributed by atoms with van der Waals surface area (Å²) in [6.45, 7) is 4.70. The van der Waals surface area contributed by atoms with E-state index in [1.165, 1.54) is 77.0 Å². The summed E-state index contributed by atoms with van der Waals surface area (Å²) in [4.78, 5) is 73.2. The maximum atomic E-state index is 13.1. The van der Waals surface area contributed by atoms with E-state index in [2.05, 4.69) is 149 Å². The predicted octanol–water partition coefficient (Wildman–Crippen LogP) is 25.5. The van der Waals surface area contributed by atoms with Crippen LogP contribution in [0.15, 0.2) is 122 Å². The molecule has 0 spiro atoms. The van der Waals surface area contributed by atoms with Crippen molar-refractivity contribution in [1.29, 1.82) is 0 Å². The third-order valence-electron chi connectivity index (χ3n) is 17.9. The van der Waals surface area contributed by atoms with E-state index in [1.807, 2.05) is 0 Å². The number of ether oxygens (including phenoxy) is 4.